The van der Waals surface area contributed by atoms with Gasteiger partial charge in [0, 0.05) is 23.8 Å². The first-order chi connectivity index (χ1) is 5.96. The van der Waals surface area contributed by atoms with Gasteiger partial charge in [-0.25, -0.2) is 0 Å². The van der Waals surface area contributed by atoms with Crippen LogP contribution in [-0.4, -0.2) is 4.98 Å². The first-order valence-corrected chi connectivity index (χ1v) is 4.13. The number of rotatable bonds is 1. The summed E-state index contributed by atoms with van der Waals surface area (Å²) in [5.41, 5.74) is -1.01. The third kappa shape index (κ3) is 2.25. The van der Waals surface area contributed by atoms with Crippen molar-refractivity contribution in [1.82, 2.24) is 4.98 Å². The van der Waals surface area contributed by atoms with Crippen molar-refractivity contribution in [3.05, 3.63) is 28.5 Å². The summed E-state index contributed by atoms with van der Waals surface area (Å²) in [4.78, 5) is 3.35. The smallest absolute Gasteiger partial charge is 0.263 e. The molecule has 0 spiro atoms. The van der Waals surface area contributed by atoms with E-state index in [0.29, 0.717) is 6.20 Å². The van der Waals surface area contributed by atoms with Crippen molar-refractivity contribution in [1.29, 1.82) is 0 Å². The van der Waals surface area contributed by atoms with Crippen molar-refractivity contribution >= 4 is 23.2 Å². The summed E-state index contributed by atoms with van der Waals surface area (Å²) < 4.78 is 36.8. The molecule has 1 rings (SSSR count). The second kappa shape index (κ2) is 3.72. The Kier molecular flexibility index (Phi) is 3.03. The second-order valence-corrected chi connectivity index (χ2v) is 2.95. The molecule has 0 N–H and O–H groups in total. The molecule has 0 fully saturated rings. The number of nitrogens with zero attached hydrogens (tertiary/aromatic N) is 1. The average Bonchev–Trinajstić information content (AvgIpc) is 2.02. The molecule has 0 saturated heterocycles. The molecule has 6 heteroatoms. The topological polar surface area (TPSA) is 12.9 Å². The van der Waals surface area contributed by atoms with Gasteiger partial charge in [0.1, 0.15) is 0 Å². The molecule has 0 aromatic carbocycles. The number of halogens is 5. The highest BCUT2D eigenvalue weighted by Crippen LogP contribution is 2.34. The first kappa shape index (κ1) is 10.6. The fraction of sp³-hybridized carbons (Fsp3) is 0.286. The van der Waals surface area contributed by atoms with Crippen LogP contribution in [0.3, 0.4) is 0 Å². The molecule has 1 nitrogen and oxygen atoms in total. The Labute approximate surface area is 82.5 Å². The minimum atomic E-state index is -4.46. The molecular weight excluding hydrogens is 226 g/mol. The molecule has 0 radical (unpaired) electrons. The number of alkyl halides is 4. The van der Waals surface area contributed by atoms with Gasteiger partial charge in [0.25, 0.3) is 0 Å². The molecule has 0 aliphatic heterocycles. The summed E-state index contributed by atoms with van der Waals surface area (Å²) in [7, 11) is 0. The summed E-state index contributed by atoms with van der Waals surface area (Å²) in [5, 5.41) is -0.0650. The second-order valence-electron chi connectivity index (χ2n) is 2.28. The maximum Gasteiger partial charge on any atom is 0.418 e. The minimum Gasteiger partial charge on any atom is -0.263 e. The van der Waals surface area contributed by atoms with Crippen LogP contribution in [0.4, 0.5) is 13.2 Å². The largest absolute Gasteiger partial charge is 0.418 e. The average molecular weight is 230 g/mol. The lowest BCUT2D eigenvalue weighted by molar-refractivity contribution is -0.138. The fourth-order valence-corrected chi connectivity index (χ4v) is 1.42. The Hall–Kier alpha value is -0.480. The van der Waals surface area contributed by atoms with Gasteiger partial charge in [-0.1, -0.05) is 11.6 Å². The maximum absolute atomic E-state index is 12.3. The van der Waals surface area contributed by atoms with Crippen LogP contribution < -0.4 is 0 Å². The van der Waals surface area contributed by atoms with Gasteiger partial charge in [0.15, 0.2) is 0 Å². The van der Waals surface area contributed by atoms with E-state index in [9.17, 15) is 13.2 Å². The van der Waals surface area contributed by atoms with Crippen molar-refractivity contribution in [2.24, 2.45) is 0 Å². The van der Waals surface area contributed by atoms with E-state index in [1.165, 1.54) is 0 Å². The summed E-state index contributed by atoms with van der Waals surface area (Å²) in [5.74, 6) is -0.282. The lowest BCUT2D eigenvalue weighted by Crippen LogP contribution is -2.09. The molecular formula is C7H4Cl2F3N. The standard InChI is InChI=1S/C7H4Cl2F3N/c8-1-4-5(7(10,11)12)2-13-3-6(4)9/h2-3H,1H2. The molecule has 0 saturated carbocycles. The number of pyridine rings is 1. The maximum atomic E-state index is 12.3. The van der Waals surface area contributed by atoms with E-state index in [1.54, 1.807) is 0 Å². The number of hydrogen-bond donors (Lipinski definition) is 0. The van der Waals surface area contributed by atoms with E-state index < -0.39 is 11.7 Å². The van der Waals surface area contributed by atoms with Crippen LogP contribution in [-0.2, 0) is 12.1 Å². The zero-order valence-corrected chi connectivity index (χ0v) is 7.71. The molecule has 13 heavy (non-hydrogen) atoms. The van der Waals surface area contributed by atoms with Crippen LogP contribution >= 0.6 is 23.2 Å². The van der Waals surface area contributed by atoms with E-state index in [4.69, 9.17) is 23.2 Å². The van der Waals surface area contributed by atoms with Crippen molar-refractivity contribution in [3.63, 3.8) is 0 Å². The third-order valence-electron chi connectivity index (χ3n) is 1.44. The molecule has 0 unspecified atom stereocenters. The summed E-state index contributed by atoms with van der Waals surface area (Å²) in [6.45, 7) is 0. The van der Waals surface area contributed by atoms with Gasteiger partial charge in [-0.15, -0.1) is 11.6 Å². The Bertz CT molecular complexity index is 311. The molecule has 0 amide bonds. The third-order valence-corrected chi connectivity index (χ3v) is 2.04. The Morgan fingerprint density at radius 2 is 1.92 bits per heavy atom. The van der Waals surface area contributed by atoms with Crippen molar-refractivity contribution in [2.75, 3.05) is 0 Å². The predicted molar refractivity (Wildman–Crippen MR) is 43.8 cm³/mol. The fourth-order valence-electron chi connectivity index (χ4n) is 0.842. The van der Waals surface area contributed by atoms with E-state index in [2.05, 4.69) is 4.98 Å². The quantitative estimate of drug-likeness (QED) is 0.673. The first-order valence-electron chi connectivity index (χ1n) is 3.22. The van der Waals surface area contributed by atoms with E-state index >= 15 is 0 Å². The Morgan fingerprint density at radius 3 is 2.31 bits per heavy atom. The van der Waals surface area contributed by atoms with Gasteiger partial charge in [-0.2, -0.15) is 13.2 Å². The van der Waals surface area contributed by atoms with Crippen molar-refractivity contribution in [2.45, 2.75) is 12.1 Å². The van der Waals surface area contributed by atoms with Gasteiger partial charge >= 0.3 is 6.18 Å². The van der Waals surface area contributed by atoms with E-state index in [0.717, 1.165) is 6.20 Å². The van der Waals surface area contributed by atoms with Crippen LogP contribution in [0.15, 0.2) is 12.4 Å². The van der Waals surface area contributed by atoms with Crippen LogP contribution in [0.5, 0.6) is 0 Å². The van der Waals surface area contributed by atoms with Gasteiger partial charge in [0.05, 0.1) is 10.6 Å². The van der Waals surface area contributed by atoms with Gasteiger partial charge < -0.3 is 0 Å². The highest BCUT2D eigenvalue weighted by molar-refractivity contribution is 6.32. The van der Waals surface area contributed by atoms with Gasteiger partial charge in [-0.3, -0.25) is 4.98 Å². The molecule has 72 valence electrons. The zero-order valence-electron chi connectivity index (χ0n) is 6.20. The van der Waals surface area contributed by atoms with Gasteiger partial charge in [0.2, 0.25) is 0 Å². The Morgan fingerprint density at radius 1 is 1.31 bits per heavy atom. The highest BCUT2D eigenvalue weighted by atomic mass is 35.5. The molecule has 1 aromatic rings. The van der Waals surface area contributed by atoms with Crippen LogP contribution in [0, 0.1) is 0 Å². The monoisotopic (exact) mass is 229 g/mol. The van der Waals surface area contributed by atoms with E-state index in [1.807, 2.05) is 0 Å². The summed E-state index contributed by atoms with van der Waals surface area (Å²) in [6, 6.07) is 0. The van der Waals surface area contributed by atoms with Crippen LogP contribution in [0.1, 0.15) is 11.1 Å². The lowest BCUT2D eigenvalue weighted by atomic mass is 10.1. The van der Waals surface area contributed by atoms with Gasteiger partial charge in [-0.05, 0) is 0 Å². The molecule has 1 aromatic heterocycles. The Balaban J connectivity index is 3.29. The SMILES string of the molecule is FC(F)(F)c1cncc(Cl)c1CCl. The molecule has 1 heterocycles. The number of hydrogen-bond acceptors (Lipinski definition) is 1. The lowest BCUT2D eigenvalue weighted by Gasteiger charge is -2.10. The predicted octanol–water partition coefficient (Wildman–Crippen LogP) is 3.49. The zero-order chi connectivity index (χ0) is 10.1. The molecule has 0 atom stereocenters. The van der Waals surface area contributed by atoms with E-state index in [-0.39, 0.29) is 16.5 Å². The normalized spacial score (nSPS) is 11.8. The molecule has 0 aliphatic rings. The van der Waals surface area contributed by atoms with Crippen LogP contribution in [0.2, 0.25) is 5.02 Å². The summed E-state index contributed by atoms with van der Waals surface area (Å²) >= 11 is 10.8. The molecule has 0 aliphatic carbocycles. The van der Waals surface area contributed by atoms with Crippen molar-refractivity contribution < 1.29 is 13.2 Å². The molecule has 0 bridgehead atoms. The minimum absolute atomic E-state index is 0.0650. The van der Waals surface area contributed by atoms with Crippen molar-refractivity contribution in [3.8, 4) is 0 Å². The number of aromatic nitrogens is 1. The summed E-state index contributed by atoms with van der Waals surface area (Å²) in [6.07, 6.45) is -2.61. The highest BCUT2D eigenvalue weighted by Gasteiger charge is 2.34. The van der Waals surface area contributed by atoms with Crippen LogP contribution in [0.25, 0.3) is 0 Å².